The summed E-state index contributed by atoms with van der Waals surface area (Å²) in [4.78, 5) is 75.8. The molecule has 0 spiro atoms. The van der Waals surface area contributed by atoms with Crippen LogP contribution in [0, 0.1) is 17.8 Å². The van der Waals surface area contributed by atoms with E-state index in [-0.39, 0.29) is 55.0 Å². The van der Waals surface area contributed by atoms with Crippen molar-refractivity contribution in [3.8, 4) is 34.4 Å². The van der Waals surface area contributed by atoms with Crippen molar-refractivity contribution in [1.82, 2.24) is 50.2 Å². The molecule has 2 aromatic carbocycles. The van der Waals surface area contributed by atoms with E-state index in [0.29, 0.717) is 50.7 Å². The molecule has 4 aromatic rings. The first-order chi connectivity index (χ1) is 29.9. The molecule has 326 valence electrons. The smallest absolute Gasteiger partial charge is 0.318 e. The molecular weight excluding hydrogens is 789 g/mol. The number of aliphatic hydroxyl groups excluding tert-OH is 2. The minimum absolute atomic E-state index is 0.115. The van der Waals surface area contributed by atoms with Crippen LogP contribution < -0.4 is 10.6 Å². The summed E-state index contributed by atoms with van der Waals surface area (Å²) in [6.45, 7) is 8.21. The number of aliphatic hydroxyl groups is 2. The Morgan fingerprint density at radius 2 is 1.10 bits per heavy atom. The molecule has 0 bridgehead atoms. The lowest BCUT2D eigenvalue weighted by atomic mass is 10.0. The van der Waals surface area contributed by atoms with Crippen molar-refractivity contribution in [2.45, 2.75) is 95.7 Å². The Labute approximate surface area is 361 Å². The second-order valence-corrected chi connectivity index (χ2v) is 17.3. The van der Waals surface area contributed by atoms with Crippen LogP contribution in [0.1, 0.15) is 94.2 Å². The zero-order valence-electron chi connectivity index (χ0n) is 35.5. The number of benzene rings is 2. The van der Waals surface area contributed by atoms with E-state index < -0.39 is 24.3 Å². The molecule has 4 aliphatic rings. The molecule has 6 heterocycles. The lowest BCUT2D eigenvalue weighted by Gasteiger charge is -2.31. The Morgan fingerprint density at radius 1 is 0.645 bits per heavy atom. The number of amides is 6. The minimum Gasteiger partial charge on any atom is -0.391 e. The fourth-order valence-electron chi connectivity index (χ4n) is 8.90. The van der Waals surface area contributed by atoms with E-state index >= 15 is 0 Å². The highest BCUT2D eigenvalue weighted by Gasteiger charge is 2.39. The summed E-state index contributed by atoms with van der Waals surface area (Å²) in [6, 6.07) is 13.3. The average Bonchev–Trinajstić information content (AvgIpc) is 4.13. The molecule has 0 saturated carbocycles. The summed E-state index contributed by atoms with van der Waals surface area (Å²) in [5.74, 6) is 7.52. The number of hydrogen-bond acceptors (Lipinski definition) is 8. The standard InChI is InChI=1S/C46H56N10O6/c1-28(2)40(52-46(62)54-23-19-35(58)27-54)44(60)56-21-5-7-39(56)42-48-25-37(51-42)33-16-12-31(13-17-33)9-8-30-10-14-32(15-11-30)36-24-47-41(50-36)38-6-4-20-55(38)43(59)29(3)49-45(61)53-22-18-34(57)26-53/h10-17,24-25,28-29,34-35,38-40,57-58H,4-7,18-23,26-27H2,1-3H3,(H,47,50)(H,48,51)(H,49,61)(H,52,62)/t29?,34-,35-,38+,39+,40+/m1/s1. The van der Waals surface area contributed by atoms with Gasteiger partial charge >= 0.3 is 12.1 Å². The molecule has 6 amide bonds. The van der Waals surface area contributed by atoms with Crippen LogP contribution in [0.4, 0.5) is 9.59 Å². The molecule has 0 radical (unpaired) electrons. The maximum Gasteiger partial charge on any atom is 0.318 e. The summed E-state index contributed by atoms with van der Waals surface area (Å²) >= 11 is 0. The van der Waals surface area contributed by atoms with Crippen LogP contribution in [0.3, 0.4) is 0 Å². The monoisotopic (exact) mass is 844 g/mol. The number of urea groups is 2. The highest BCUT2D eigenvalue weighted by atomic mass is 16.3. The molecule has 4 saturated heterocycles. The van der Waals surface area contributed by atoms with Crippen LogP contribution in [-0.4, -0.2) is 137 Å². The summed E-state index contributed by atoms with van der Waals surface area (Å²) in [7, 11) is 0. The Kier molecular flexibility index (Phi) is 12.6. The van der Waals surface area contributed by atoms with E-state index in [1.807, 2.05) is 67.3 Å². The number of β-amino-alcohol motifs (C(OH)–C–C–N with tert-alkyl or cyclic N) is 2. The molecule has 6 atom stereocenters. The molecule has 4 fully saturated rings. The van der Waals surface area contributed by atoms with Crippen LogP contribution in [0.15, 0.2) is 60.9 Å². The average molecular weight is 845 g/mol. The van der Waals surface area contributed by atoms with Gasteiger partial charge in [0, 0.05) is 50.4 Å². The molecule has 8 rings (SSSR count). The zero-order valence-corrected chi connectivity index (χ0v) is 35.5. The van der Waals surface area contributed by atoms with Gasteiger partial charge in [-0.25, -0.2) is 19.6 Å². The van der Waals surface area contributed by atoms with Gasteiger partial charge in [0.25, 0.3) is 0 Å². The number of hydrogen-bond donors (Lipinski definition) is 6. The molecule has 16 nitrogen and oxygen atoms in total. The molecule has 4 aliphatic heterocycles. The predicted octanol–water partition coefficient (Wildman–Crippen LogP) is 4.16. The van der Waals surface area contributed by atoms with E-state index in [2.05, 4.69) is 42.4 Å². The van der Waals surface area contributed by atoms with Gasteiger partial charge in [-0.1, -0.05) is 50.0 Å². The highest BCUT2D eigenvalue weighted by Crippen LogP contribution is 2.34. The first-order valence-corrected chi connectivity index (χ1v) is 21.8. The van der Waals surface area contributed by atoms with Crippen molar-refractivity contribution >= 4 is 23.9 Å². The normalized spacial score (nSPS) is 22.2. The zero-order chi connectivity index (χ0) is 43.5. The van der Waals surface area contributed by atoms with Crippen molar-refractivity contribution in [2.24, 2.45) is 5.92 Å². The van der Waals surface area contributed by atoms with Gasteiger partial charge in [0.15, 0.2) is 0 Å². The molecule has 0 aliphatic carbocycles. The van der Waals surface area contributed by atoms with Gasteiger partial charge in [0.05, 0.1) is 48.1 Å². The lowest BCUT2D eigenvalue weighted by molar-refractivity contribution is -0.135. The first kappa shape index (κ1) is 42.5. The Hall–Kier alpha value is -6.18. The van der Waals surface area contributed by atoms with Gasteiger partial charge in [-0.15, -0.1) is 0 Å². The summed E-state index contributed by atoms with van der Waals surface area (Å²) < 4.78 is 0. The van der Waals surface area contributed by atoms with Crippen molar-refractivity contribution in [3.63, 3.8) is 0 Å². The SMILES string of the molecule is CC(NC(=O)N1CC[C@@H](O)C1)C(=O)N1CCC[C@H]1c1ncc(-c2ccc(C#Cc3ccc(-c4cnc([C@@H]5CCCN5C(=O)[C@@H](NC(=O)N5CC[C@@H](O)C5)C(C)C)[nH]4)cc3)cc2)[nH]1. The third kappa shape index (κ3) is 9.34. The quantitative estimate of drug-likeness (QED) is 0.135. The summed E-state index contributed by atoms with van der Waals surface area (Å²) in [5, 5.41) is 25.4. The highest BCUT2D eigenvalue weighted by molar-refractivity contribution is 5.88. The lowest BCUT2D eigenvalue weighted by Crippen LogP contribution is -2.54. The third-order valence-corrected chi connectivity index (χ3v) is 12.5. The van der Waals surface area contributed by atoms with Crippen LogP contribution in [0.5, 0.6) is 0 Å². The minimum atomic E-state index is -0.704. The van der Waals surface area contributed by atoms with Crippen molar-refractivity contribution in [3.05, 3.63) is 83.7 Å². The molecule has 1 unspecified atom stereocenters. The largest absolute Gasteiger partial charge is 0.391 e. The maximum absolute atomic E-state index is 13.9. The number of carbonyl (C=O) groups excluding carboxylic acids is 4. The van der Waals surface area contributed by atoms with E-state index in [1.165, 1.54) is 4.90 Å². The third-order valence-electron chi connectivity index (χ3n) is 12.5. The Balaban J connectivity index is 0.857. The van der Waals surface area contributed by atoms with E-state index in [9.17, 15) is 29.4 Å². The number of nitrogens with one attached hydrogen (secondary N) is 4. The Bertz CT molecular complexity index is 2310. The van der Waals surface area contributed by atoms with Crippen LogP contribution in [-0.2, 0) is 9.59 Å². The van der Waals surface area contributed by atoms with Gasteiger partial charge in [0.2, 0.25) is 11.8 Å². The van der Waals surface area contributed by atoms with Crippen molar-refractivity contribution in [1.29, 1.82) is 0 Å². The van der Waals surface area contributed by atoms with Crippen LogP contribution in [0.25, 0.3) is 22.5 Å². The topological polar surface area (TPSA) is 203 Å². The van der Waals surface area contributed by atoms with Crippen LogP contribution in [0.2, 0.25) is 0 Å². The van der Waals surface area contributed by atoms with Gasteiger partial charge in [-0.3, -0.25) is 9.59 Å². The number of aromatic amines is 2. The Morgan fingerprint density at radius 3 is 1.53 bits per heavy atom. The second-order valence-electron chi connectivity index (χ2n) is 17.3. The number of nitrogens with zero attached hydrogens (tertiary/aromatic N) is 6. The second kappa shape index (κ2) is 18.4. The van der Waals surface area contributed by atoms with Crippen molar-refractivity contribution in [2.75, 3.05) is 39.3 Å². The molecule has 6 N–H and O–H groups in total. The number of rotatable bonds is 9. The molecule has 62 heavy (non-hydrogen) atoms. The number of likely N-dealkylation sites (tertiary alicyclic amines) is 4. The molecule has 2 aromatic heterocycles. The fourth-order valence-corrected chi connectivity index (χ4v) is 8.90. The number of carbonyl (C=O) groups is 4. The fraction of sp³-hybridized carbons (Fsp3) is 0.478. The number of imidazole rings is 2. The van der Waals surface area contributed by atoms with E-state index in [4.69, 9.17) is 0 Å². The first-order valence-electron chi connectivity index (χ1n) is 21.8. The number of H-pyrrole nitrogens is 2. The van der Waals surface area contributed by atoms with Gasteiger partial charge in [0.1, 0.15) is 23.7 Å². The molecular formula is C46H56N10O6. The summed E-state index contributed by atoms with van der Waals surface area (Å²) in [6.07, 6.45) is 6.81. The van der Waals surface area contributed by atoms with Crippen LogP contribution >= 0.6 is 0 Å². The van der Waals surface area contributed by atoms with E-state index in [0.717, 1.165) is 59.3 Å². The van der Waals surface area contributed by atoms with Gasteiger partial charge in [-0.2, -0.15) is 0 Å². The van der Waals surface area contributed by atoms with Gasteiger partial charge in [-0.05, 0) is 86.8 Å². The van der Waals surface area contributed by atoms with Gasteiger partial charge < -0.3 is 50.4 Å². The number of aromatic nitrogens is 4. The maximum atomic E-state index is 13.9. The summed E-state index contributed by atoms with van der Waals surface area (Å²) in [5.41, 5.74) is 5.26. The predicted molar refractivity (Wildman–Crippen MR) is 231 cm³/mol. The van der Waals surface area contributed by atoms with E-state index in [1.54, 1.807) is 29.1 Å². The van der Waals surface area contributed by atoms with Crippen molar-refractivity contribution < 1.29 is 29.4 Å². The molecule has 16 heteroatoms.